The van der Waals surface area contributed by atoms with Crippen molar-refractivity contribution in [2.45, 2.75) is 203 Å². The Hall–Kier alpha value is -7.59. The van der Waals surface area contributed by atoms with Crippen LogP contribution in [0.15, 0.2) is 134 Å². The molecule has 0 spiro atoms. The molecule has 0 bridgehead atoms. The van der Waals surface area contributed by atoms with E-state index in [2.05, 4.69) is 62.3 Å². The van der Waals surface area contributed by atoms with Gasteiger partial charge in [0.25, 0.3) is 0 Å². The first-order valence-electron chi connectivity index (χ1n) is 34.3. The number of esters is 3. The number of aliphatic carboxylic acids is 2. The summed E-state index contributed by atoms with van der Waals surface area (Å²) < 4.78 is 29.8. The van der Waals surface area contributed by atoms with Crippen molar-refractivity contribution in [1.29, 1.82) is 0 Å². The number of hydrogen-bond acceptors (Lipinski definition) is 18. The SMILES string of the molecule is C=CCCCCC=O.CC(C)(C)OC(=O)N1C(C(=O)O)CC2CCCCC21.NC(CO)c1ccccc1.O=BC#CO.O=C(CBr)Oc1ccccc1.O=C(O)C1CC2CCCCC2N1.O=C1CNC(c2ccccc2)CO1.O=C1OCC(c2ccccc2)N2C1CC1CCCCC12. The zero-order chi connectivity index (χ0) is 71.2. The minimum absolute atomic E-state index is 0.00190. The number of amides is 1. The monoisotopic (exact) mass is 1420 g/mol. The summed E-state index contributed by atoms with van der Waals surface area (Å²) in [5.41, 5.74) is 8.38. The van der Waals surface area contributed by atoms with Crippen molar-refractivity contribution in [3.63, 3.8) is 0 Å². The van der Waals surface area contributed by atoms with Crippen molar-refractivity contribution in [3.05, 3.63) is 151 Å². The number of aliphatic hydroxyl groups excluding tert-OH is 2. The normalized spacial score (nSPS) is 24.8. The number of carboxylic acid groups (broad SMARTS) is 2. The minimum atomic E-state index is -0.916. The van der Waals surface area contributed by atoms with Crippen LogP contribution in [0.4, 0.5) is 4.79 Å². The van der Waals surface area contributed by atoms with Crippen LogP contribution in [0, 0.1) is 29.7 Å². The van der Waals surface area contributed by atoms with E-state index in [1.807, 2.05) is 91.0 Å². The number of aliphatic hydroxyl groups is 2. The average molecular weight is 1420 g/mol. The number of ether oxygens (including phenoxy) is 4. The zero-order valence-electron chi connectivity index (χ0n) is 56.9. The molecule has 1 amide bonds. The van der Waals surface area contributed by atoms with Crippen LogP contribution in [0.25, 0.3) is 0 Å². The number of carbonyl (C=O) groups excluding carboxylic acids is 5. The summed E-state index contributed by atoms with van der Waals surface area (Å²) in [6, 6.07) is 39.4. The largest absolute Gasteiger partial charge is 0.480 e. The fourth-order valence-electron chi connectivity index (χ4n) is 13.6. The Balaban J connectivity index is 0.000000208. The second kappa shape index (κ2) is 44.4. The van der Waals surface area contributed by atoms with E-state index in [4.69, 9.17) is 44.7 Å². The number of aldehydes is 1. The summed E-state index contributed by atoms with van der Waals surface area (Å²) in [5.74, 6) is 1.93. The number of fused-ring (bicyclic) bond motifs is 5. The Labute approximate surface area is 586 Å². The Kier molecular flexibility index (Phi) is 36.8. The first-order chi connectivity index (χ1) is 47.3. The molecule has 8 N–H and O–H groups in total. The van der Waals surface area contributed by atoms with E-state index in [0.29, 0.717) is 75.3 Å². The predicted molar refractivity (Wildman–Crippen MR) is 376 cm³/mol. The first kappa shape index (κ1) is 81.1. The van der Waals surface area contributed by atoms with Gasteiger partial charge in [0.2, 0.25) is 0 Å². The molecule has 3 aliphatic carbocycles. The summed E-state index contributed by atoms with van der Waals surface area (Å²) in [5, 5.41) is 40.8. The third-order valence-corrected chi connectivity index (χ3v) is 18.7. The van der Waals surface area contributed by atoms with Gasteiger partial charge in [0, 0.05) is 24.5 Å². The van der Waals surface area contributed by atoms with Crippen molar-refractivity contribution >= 4 is 65.3 Å². The number of rotatable bonds is 13. The van der Waals surface area contributed by atoms with Gasteiger partial charge in [-0.2, -0.15) is 0 Å². The topological polar surface area (TPSA) is 311 Å². The molecule has 8 aliphatic rings. The number of halogens is 1. The maximum atomic E-state index is 12.3. The van der Waals surface area contributed by atoms with Crippen LogP contribution in [0.2, 0.25) is 0 Å². The number of alkyl halides is 1. The van der Waals surface area contributed by atoms with Crippen molar-refractivity contribution in [3.8, 4) is 17.7 Å². The molecule has 23 heteroatoms. The molecular formula is C75H101BBrN5O16. The molecule has 98 heavy (non-hydrogen) atoms. The van der Waals surface area contributed by atoms with Gasteiger partial charge in [-0.25, -0.2) is 9.59 Å². The number of hydrogen-bond donors (Lipinski definition) is 7. The Morgan fingerprint density at radius 3 is 1.82 bits per heavy atom. The average Bonchev–Trinajstić information content (AvgIpc) is 1.60. The molecule has 3 saturated carbocycles. The van der Waals surface area contributed by atoms with E-state index in [1.54, 1.807) is 38.7 Å². The van der Waals surface area contributed by atoms with Crippen molar-refractivity contribution in [2.24, 2.45) is 23.5 Å². The molecule has 12 rings (SSSR count). The van der Waals surface area contributed by atoms with E-state index < -0.39 is 29.7 Å². The fourth-order valence-corrected chi connectivity index (χ4v) is 13.7. The van der Waals surface area contributed by atoms with Crippen LogP contribution in [0.1, 0.15) is 178 Å². The van der Waals surface area contributed by atoms with Gasteiger partial charge in [-0.15, -0.1) is 6.58 Å². The van der Waals surface area contributed by atoms with E-state index in [-0.39, 0.29) is 66.1 Å². The summed E-state index contributed by atoms with van der Waals surface area (Å²) in [6.07, 6.45) is 24.3. The molecule has 4 aromatic rings. The van der Waals surface area contributed by atoms with E-state index >= 15 is 0 Å². The van der Waals surface area contributed by atoms with Gasteiger partial charge in [-0.05, 0) is 144 Å². The van der Waals surface area contributed by atoms with Crippen LogP contribution in [-0.2, 0) is 47.7 Å². The predicted octanol–water partition coefficient (Wildman–Crippen LogP) is 11.3. The molecule has 8 fully saturated rings. The molecule has 4 aromatic carbocycles. The molecular weight excluding hydrogens is 1320 g/mol. The maximum Gasteiger partial charge on any atom is 0.323 e. The molecule has 12 unspecified atom stereocenters. The number of nitrogens with two attached hydrogens (primary N) is 1. The summed E-state index contributed by atoms with van der Waals surface area (Å²) >= 11 is 3.00. The number of cyclic esters (lactones) is 2. The van der Waals surface area contributed by atoms with Crippen LogP contribution >= 0.6 is 15.9 Å². The van der Waals surface area contributed by atoms with E-state index in [9.17, 15) is 38.7 Å². The van der Waals surface area contributed by atoms with Gasteiger partial charge in [0.05, 0.1) is 31.3 Å². The van der Waals surface area contributed by atoms with Gasteiger partial charge >= 0.3 is 64.8 Å². The Bertz CT molecular complexity index is 3090. The van der Waals surface area contributed by atoms with E-state index in [1.165, 1.54) is 67.9 Å². The van der Waals surface area contributed by atoms with E-state index in [0.717, 1.165) is 75.2 Å². The first-order valence-corrected chi connectivity index (χ1v) is 35.4. The number of para-hydroxylation sites is 1. The second-order valence-corrected chi connectivity index (χ2v) is 26.7. The maximum absolute atomic E-state index is 12.3. The number of allylic oxidation sites excluding steroid dienone is 1. The van der Waals surface area contributed by atoms with Crippen LogP contribution in [0.5, 0.6) is 5.75 Å². The number of carboxylic acids is 2. The minimum Gasteiger partial charge on any atom is -0.480 e. The fraction of sp³-hybridized carbons (Fsp3) is 0.533. The van der Waals surface area contributed by atoms with Crippen molar-refractivity contribution < 1.29 is 77.6 Å². The zero-order valence-corrected chi connectivity index (χ0v) is 58.5. The van der Waals surface area contributed by atoms with Crippen LogP contribution in [-0.4, -0.2) is 153 Å². The number of carbonyl (C=O) groups is 7. The standard InChI is InChI=1S/C17H21NO2.C14H23NO4.C10H11NO2.C9H15NO2.C8H7BrO2.C8H11NO.C7H12O.C2HBO2/c19-17-15-10-13-8-4-5-9-14(13)18(15)16(11-20-17)12-6-2-1-3-7-12;1-14(2,3)19-13(18)15-10-7-5-4-6-9(10)8-11(15)12(16)17;12-10-6-11-9(7-13-10)8-4-2-1-3-5-8;11-9(12)8-5-6-3-1-2-4-7(6)10-8;9-6-8(10)11-7-4-2-1-3-5-7;9-8(6-10)7-4-2-1-3-5-7;1-2-3-4-5-6-7-8;4-2-1-3-5/h1-3,6-7,13-16H,4-5,8-11H2;9-11H,4-8H2,1-3H3,(H,16,17);1-5,9,11H,6-7H2;6-8,10H,1-5H2,(H,11,12);1-5H,6H2;1-5,8,10H,6,9H2;2,7H,1,3-6H2;4H. The number of likely N-dealkylation sites (tertiary alicyclic amines) is 1. The Morgan fingerprint density at radius 1 is 0.735 bits per heavy atom. The molecule has 0 aromatic heterocycles. The van der Waals surface area contributed by atoms with Crippen LogP contribution in [0.3, 0.4) is 0 Å². The van der Waals surface area contributed by atoms with Gasteiger partial charge in [0.1, 0.15) is 54.3 Å². The molecule has 532 valence electrons. The second-order valence-electron chi connectivity index (χ2n) is 26.2. The number of nitrogens with zero attached hydrogens (tertiary/aromatic N) is 2. The van der Waals surface area contributed by atoms with Gasteiger partial charge in [-0.1, -0.05) is 170 Å². The quantitative estimate of drug-likeness (QED) is 0.00753. The van der Waals surface area contributed by atoms with Gasteiger partial charge in [0.15, 0.2) is 0 Å². The third-order valence-electron chi connectivity index (χ3n) is 18.2. The molecule has 21 nitrogen and oxygen atoms in total. The molecule has 0 radical (unpaired) electrons. The molecule has 5 heterocycles. The van der Waals surface area contributed by atoms with Crippen molar-refractivity contribution in [1.82, 2.24) is 20.4 Å². The van der Waals surface area contributed by atoms with Crippen molar-refractivity contribution in [2.75, 3.05) is 31.7 Å². The number of unbranched alkanes of at least 4 members (excludes halogenated alkanes) is 3. The molecule has 5 aliphatic heterocycles. The molecule has 5 saturated heterocycles. The number of nitrogens with one attached hydrogen (secondary N) is 2. The number of morpholine rings is 2. The Morgan fingerprint density at radius 2 is 1.30 bits per heavy atom. The smallest absolute Gasteiger partial charge is 0.323 e. The van der Waals surface area contributed by atoms with Gasteiger partial charge in [-0.3, -0.25) is 34.3 Å². The third kappa shape index (κ3) is 27.6. The molecule has 12 atom stereocenters. The van der Waals surface area contributed by atoms with Crippen LogP contribution < -0.4 is 21.1 Å². The number of benzene rings is 4. The summed E-state index contributed by atoms with van der Waals surface area (Å²) in [6.45, 7) is 10.2. The van der Waals surface area contributed by atoms with Gasteiger partial charge < -0.3 is 50.1 Å². The summed E-state index contributed by atoms with van der Waals surface area (Å²) in [4.78, 5) is 81.6. The summed E-state index contributed by atoms with van der Waals surface area (Å²) in [7, 11) is 0.319.